The van der Waals surface area contributed by atoms with Gasteiger partial charge in [-0.3, -0.25) is 4.79 Å². The highest BCUT2D eigenvalue weighted by Gasteiger charge is 2.48. The Balaban J connectivity index is 4.37. The number of hydrogen-bond donors (Lipinski definition) is 0. The van der Waals surface area contributed by atoms with Gasteiger partial charge in [0, 0.05) is 12.3 Å². The minimum absolute atomic E-state index is 0.102. The molecule has 0 aliphatic heterocycles. The summed E-state index contributed by atoms with van der Waals surface area (Å²) in [4.78, 5) is 21.6. The van der Waals surface area contributed by atoms with E-state index < -0.39 is 29.1 Å². The maximum Gasteiger partial charge on any atom is 0.386 e. The van der Waals surface area contributed by atoms with Gasteiger partial charge >= 0.3 is 17.9 Å². The molecular weight excluding hydrogens is 253 g/mol. The highest BCUT2D eigenvalue weighted by atomic mass is 35.5. The molecule has 0 radical (unpaired) electrons. The van der Waals surface area contributed by atoms with Crippen LogP contribution in [-0.4, -0.2) is 29.1 Å². The van der Waals surface area contributed by atoms with Crippen molar-refractivity contribution in [2.45, 2.75) is 31.1 Å². The molecule has 1 atom stereocenters. The molecule has 0 heterocycles. The lowest BCUT2D eigenvalue weighted by Gasteiger charge is -2.17. The first kappa shape index (κ1) is 14.6. The summed E-state index contributed by atoms with van der Waals surface area (Å²) >= 11 is 10.2. The van der Waals surface area contributed by atoms with Crippen LogP contribution in [0.4, 0.5) is 8.78 Å². The maximum absolute atomic E-state index is 13.0. The Morgan fingerprint density at radius 3 is 2.40 bits per heavy atom. The fourth-order valence-corrected chi connectivity index (χ4v) is 0.934. The molecule has 0 saturated carbocycles. The summed E-state index contributed by atoms with van der Waals surface area (Å²) in [5.74, 6) is -7.53. The van der Waals surface area contributed by atoms with Crippen LogP contribution < -0.4 is 0 Å². The van der Waals surface area contributed by atoms with Crippen molar-refractivity contribution in [3.8, 4) is 0 Å². The van der Waals surface area contributed by atoms with E-state index in [0.717, 1.165) is 0 Å². The minimum atomic E-state index is -3.95. The first-order valence-corrected chi connectivity index (χ1v) is 5.16. The summed E-state index contributed by atoms with van der Waals surface area (Å²) < 4.78 is 29.8. The molecule has 88 valence electrons. The third kappa shape index (κ3) is 4.30. The highest BCUT2D eigenvalue weighted by Crippen LogP contribution is 2.26. The second kappa shape index (κ2) is 6.23. The van der Waals surface area contributed by atoms with Crippen molar-refractivity contribution in [2.75, 3.05) is 5.88 Å². The number of carbonyl (C=O) groups is 2. The van der Waals surface area contributed by atoms with Crippen LogP contribution in [-0.2, 0) is 14.3 Å². The van der Waals surface area contributed by atoms with Crippen molar-refractivity contribution in [3.05, 3.63) is 0 Å². The van der Waals surface area contributed by atoms with Gasteiger partial charge in [-0.1, -0.05) is 6.92 Å². The van der Waals surface area contributed by atoms with Crippen molar-refractivity contribution >= 4 is 35.1 Å². The molecule has 1 unspecified atom stereocenters. The lowest BCUT2D eigenvalue weighted by Crippen LogP contribution is -2.41. The Morgan fingerprint density at radius 1 is 1.47 bits per heavy atom. The molecule has 0 aliphatic carbocycles. The first-order chi connectivity index (χ1) is 6.86. The van der Waals surface area contributed by atoms with Gasteiger partial charge in [0.2, 0.25) is 0 Å². The number of rotatable bonds is 5. The molecule has 0 N–H and O–H groups in total. The van der Waals surface area contributed by atoms with E-state index in [2.05, 4.69) is 4.74 Å². The molecule has 0 saturated heterocycles. The van der Waals surface area contributed by atoms with E-state index in [9.17, 15) is 18.4 Å². The second-order valence-corrected chi connectivity index (χ2v) is 3.59. The monoisotopic (exact) mass is 262 g/mol. The van der Waals surface area contributed by atoms with Gasteiger partial charge in [-0.05, 0) is 6.42 Å². The zero-order valence-electron chi connectivity index (χ0n) is 7.94. The highest BCUT2D eigenvalue weighted by molar-refractivity contribution is 6.29. The van der Waals surface area contributed by atoms with Gasteiger partial charge in [0.05, 0.1) is 0 Å². The Bertz CT molecular complexity index is 246. The fraction of sp³-hybridized carbons (Fsp3) is 0.750. The van der Waals surface area contributed by atoms with Crippen LogP contribution in [0.1, 0.15) is 19.8 Å². The maximum atomic E-state index is 13.0. The molecule has 0 amide bonds. The number of hydrogen-bond acceptors (Lipinski definition) is 3. The van der Waals surface area contributed by atoms with Crippen LogP contribution in [0, 0.1) is 0 Å². The number of esters is 2. The topological polar surface area (TPSA) is 43.4 Å². The van der Waals surface area contributed by atoms with Gasteiger partial charge in [0.25, 0.3) is 0 Å². The van der Waals surface area contributed by atoms with Gasteiger partial charge in [0.1, 0.15) is 5.38 Å². The van der Waals surface area contributed by atoms with E-state index in [-0.39, 0.29) is 6.42 Å². The second-order valence-electron chi connectivity index (χ2n) is 2.76. The quantitative estimate of drug-likeness (QED) is 0.434. The Labute approximate surface area is 95.7 Å². The smallest absolute Gasteiger partial charge is 0.386 e. The number of carbonyl (C=O) groups excluding carboxylic acids is 2. The van der Waals surface area contributed by atoms with Gasteiger partial charge in [-0.15, -0.1) is 23.2 Å². The molecule has 0 bridgehead atoms. The molecular formula is C8H10Cl2F2O3. The Kier molecular flexibility index (Phi) is 6.05. The standard InChI is InChI=1S/C8H10Cl2F2O3/c1-2-3-6(13)15-7(14)8(11,12)5(10)4-9/h5H,2-4H2,1H3. The molecule has 0 aromatic carbocycles. The van der Waals surface area contributed by atoms with E-state index in [0.29, 0.717) is 6.42 Å². The molecule has 0 spiro atoms. The van der Waals surface area contributed by atoms with Gasteiger partial charge in [-0.25, -0.2) is 4.79 Å². The van der Waals surface area contributed by atoms with Gasteiger partial charge in [0.15, 0.2) is 0 Å². The fourth-order valence-electron chi connectivity index (χ4n) is 0.651. The Morgan fingerprint density at radius 2 is 2.00 bits per heavy atom. The van der Waals surface area contributed by atoms with Gasteiger partial charge in [-0.2, -0.15) is 8.78 Å². The van der Waals surface area contributed by atoms with E-state index in [1.807, 2.05) is 0 Å². The van der Waals surface area contributed by atoms with Gasteiger partial charge < -0.3 is 4.74 Å². The number of halogens is 4. The molecule has 0 rings (SSSR count). The van der Waals surface area contributed by atoms with Crippen LogP contribution in [0.25, 0.3) is 0 Å². The van der Waals surface area contributed by atoms with Crippen LogP contribution in [0.2, 0.25) is 0 Å². The third-order valence-electron chi connectivity index (χ3n) is 1.46. The van der Waals surface area contributed by atoms with Crippen LogP contribution in [0.5, 0.6) is 0 Å². The largest absolute Gasteiger partial charge is 0.389 e. The zero-order chi connectivity index (χ0) is 12.1. The Hall–Kier alpha value is -0.420. The molecule has 0 aromatic heterocycles. The predicted octanol–water partition coefficient (Wildman–Crippen LogP) is 2.34. The lowest BCUT2D eigenvalue weighted by molar-refractivity contribution is -0.178. The number of alkyl halides is 4. The van der Waals surface area contributed by atoms with Crippen LogP contribution >= 0.6 is 23.2 Å². The summed E-state index contributed by atoms with van der Waals surface area (Å²) in [6.07, 6.45) is 0.299. The van der Waals surface area contributed by atoms with E-state index in [1.54, 1.807) is 6.92 Å². The molecule has 15 heavy (non-hydrogen) atoms. The average Bonchev–Trinajstić information content (AvgIpc) is 2.16. The van der Waals surface area contributed by atoms with Crippen LogP contribution in [0.3, 0.4) is 0 Å². The normalized spacial score (nSPS) is 13.4. The van der Waals surface area contributed by atoms with Crippen molar-refractivity contribution in [1.29, 1.82) is 0 Å². The summed E-state index contributed by atoms with van der Waals surface area (Å²) in [7, 11) is 0. The van der Waals surface area contributed by atoms with Crippen molar-refractivity contribution in [1.82, 2.24) is 0 Å². The third-order valence-corrected chi connectivity index (χ3v) is 2.36. The predicted molar refractivity (Wildman–Crippen MR) is 51.3 cm³/mol. The molecule has 0 fully saturated rings. The molecule has 0 aromatic rings. The summed E-state index contributed by atoms with van der Waals surface area (Å²) in [5.41, 5.74) is 0. The van der Waals surface area contributed by atoms with Crippen molar-refractivity contribution < 1.29 is 23.1 Å². The SMILES string of the molecule is CCCC(=O)OC(=O)C(F)(F)C(Cl)CCl. The van der Waals surface area contributed by atoms with Crippen molar-refractivity contribution in [2.24, 2.45) is 0 Å². The van der Waals surface area contributed by atoms with E-state index in [4.69, 9.17) is 23.2 Å². The average molecular weight is 263 g/mol. The molecule has 0 aliphatic rings. The van der Waals surface area contributed by atoms with E-state index in [1.165, 1.54) is 0 Å². The lowest BCUT2D eigenvalue weighted by atomic mass is 10.2. The van der Waals surface area contributed by atoms with Crippen LogP contribution in [0.15, 0.2) is 0 Å². The zero-order valence-corrected chi connectivity index (χ0v) is 9.45. The number of ether oxygens (including phenoxy) is 1. The van der Waals surface area contributed by atoms with E-state index >= 15 is 0 Å². The summed E-state index contributed by atoms with van der Waals surface area (Å²) in [6, 6.07) is 0. The minimum Gasteiger partial charge on any atom is -0.389 e. The molecule has 7 heteroatoms. The van der Waals surface area contributed by atoms with Crippen molar-refractivity contribution in [3.63, 3.8) is 0 Å². The summed E-state index contributed by atoms with van der Waals surface area (Å²) in [6.45, 7) is 1.65. The first-order valence-electron chi connectivity index (χ1n) is 4.19. The summed E-state index contributed by atoms with van der Waals surface area (Å²) in [5, 5.41) is -1.89. The molecule has 3 nitrogen and oxygen atoms in total.